The van der Waals surface area contributed by atoms with Crippen molar-refractivity contribution in [1.29, 1.82) is 0 Å². The first-order valence-corrected chi connectivity index (χ1v) is 12.8. The molecule has 4 rings (SSSR count). The van der Waals surface area contributed by atoms with Crippen molar-refractivity contribution in [3.05, 3.63) is 63.6 Å². The Morgan fingerprint density at radius 2 is 1.83 bits per heavy atom. The number of thiazole rings is 1. The van der Waals surface area contributed by atoms with Crippen molar-refractivity contribution in [3.63, 3.8) is 0 Å². The van der Waals surface area contributed by atoms with Crippen LogP contribution < -0.4 is 0 Å². The molecular weight excluding hydrogens is 532 g/mol. The highest BCUT2D eigenvalue weighted by molar-refractivity contribution is 8.01. The summed E-state index contributed by atoms with van der Waals surface area (Å²) in [5, 5.41) is 23.0. The number of rotatable bonds is 6. The molecular formula is C24H22Cl2FN3O3S2. The fourth-order valence-corrected chi connectivity index (χ4v) is 6.16. The van der Waals surface area contributed by atoms with Crippen LogP contribution in [0.25, 0.3) is 27.5 Å². The molecule has 35 heavy (non-hydrogen) atoms. The number of phenolic OH excluding ortho intramolecular Hbond substituents is 1. The molecule has 0 saturated heterocycles. The van der Waals surface area contributed by atoms with E-state index in [-0.39, 0.29) is 16.7 Å². The van der Waals surface area contributed by atoms with Gasteiger partial charge in [0.05, 0.1) is 25.6 Å². The number of halogens is 3. The van der Waals surface area contributed by atoms with E-state index in [2.05, 4.69) is 18.9 Å². The summed E-state index contributed by atoms with van der Waals surface area (Å²) in [6.45, 7) is 5.87. The first-order valence-electron chi connectivity index (χ1n) is 10.3. The fraction of sp³-hybridized carbons (Fsp3) is 0.208. The van der Waals surface area contributed by atoms with Gasteiger partial charge in [-0.1, -0.05) is 54.5 Å². The zero-order valence-electron chi connectivity index (χ0n) is 19.2. The Morgan fingerprint density at radius 1 is 1.11 bits per heavy atom. The molecule has 0 amide bonds. The van der Waals surface area contributed by atoms with E-state index >= 15 is 0 Å². The maximum atomic E-state index is 13.9. The molecule has 0 aliphatic heterocycles. The normalized spacial score (nSPS) is 10.9. The minimum atomic E-state index is -0.610. The van der Waals surface area contributed by atoms with Crippen LogP contribution in [0.3, 0.4) is 0 Å². The van der Waals surface area contributed by atoms with Crippen LogP contribution in [0.2, 0.25) is 10.0 Å². The zero-order chi connectivity index (χ0) is 25.9. The van der Waals surface area contributed by atoms with Crippen LogP contribution in [0.15, 0.2) is 40.6 Å². The Balaban J connectivity index is 0.00000167. The number of carbonyl (C=O) groups excluding carboxylic acids is 1. The van der Waals surface area contributed by atoms with E-state index in [0.717, 1.165) is 22.9 Å². The number of aliphatic hydroxyl groups excluding tert-OH is 1. The van der Waals surface area contributed by atoms with Crippen molar-refractivity contribution in [2.45, 2.75) is 30.2 Å². The van der Waals surface area contributed by atoms with Crippen LogP contribution >= 0.6 is 46.3 Å². The van der Waals surface area contributed by atoms with Gasteiger partial charge in [0, 0.05) is 29.6 Å². The smallest absolute Gasteiger partial charge is 0.212 e. The number of aromatic hydroxyl groups is 1. The number of aromatic nitrogens is 3. The lowest BCUT2D eigenvalue weighted by Gasteiger charge is -2.05. The first-order chi connectivity index (χ1) is 16.7. The van der Waals surface area contributed by atoms with E-state index < -0.39 is 5.82 Å². The van der Waals surface area contributed by atoms with Gasteiger partial charge in [0.15, 0.2) is 6.29 Å². The Labute approximate surface area is 220 Å². The third-order valence-corrected chi connectivity index (χ3v) is 7.66. The average Bonchev–Trinajstić information content (AvgIpc) is 3.36. The number of phenols is 1. The molecule has 0 aliphatic carbocycles. The number of hydrogen-bond acceptors (Lipinski definition) is 7. The van der Waals surface area contributed by atoms with Crippen LogP contribution in [0.4, 0.5) is 4.39 Å². The number of nitrogens with zero attached hydrogens (tertiary/aromatic N) is 3. The van der Waals surface area contributed by atoms with Gasteiger partial charge >= 0.3 is 0 Å². The van der Waals surface area contributed by atoms with Crippen molar-refractivity contribution in [1.82, 2.24) is 14.8 Å². The lowest BCUT2D eigenvalue weighted by molar-refractivity contribution is 0.111. The summed E-state index contributed by atoms with van der Waals surface area (Å²) in [5.74, 6) is -0.846. The highest BCUT2D eigenvalue weighted by Crippen LogP contribution is 2.42. The summed E-state index contributed by atoms with van der Waals surface area (Å²) in [6, 6.07) is 8.96. The standard InChI is InChI=1S/C23H18Cl2FN3O2S2.CH4O/c1-11(2)32-22-21(13-4-5-17(24)18(25)8-13)27-23(33-22)29-19(10-30)20(12(3)28-29)14-6-15(26)9-16(31)7-14;1-2/h4-11,31H,1-3H3;2H,1H3. The third-order valence-electron chi connectivity index (χ3n) is 4.68. The number of carbonyl (C=O) groups is 1. The monoisotopic (exact) mass is 553 g/mol. The van der Waals surface area contributed by atoms with Gasteiger partial charge in [0.2, 0.25) is 5.13 Å². The number of thioether (sulfide) groups is 1. The van der Waals surface area contributed by atoms with E-state index in [1.807, 2.05) is 6.07 Å². The average molecular weight is 554 g/mol. The summed E-state index contributed by atoms with van der Waals surface area (Å²) >= 11 is 15.3. The molecule has 0 radical (unpaired) electrons. The second-order valence-electron chi connectivity index (χ2n) is 7.50. The van der Waals surface area contributed by atoms with E-state index in [1.54, 1.807) is 30.8 Å². The van der Waals surface area contributed by atoms with Crippen LogP contribution in [0.5, 0.6) is 5.75 Å². The Hall–Kier alpha value is -2.43. The Morgan fingerprint density at radius 3 is 2.43 bits per heavy atom. The second-order valence-corrected chi connectivity index (χ2v) is 11.1. The molecule has 0 fully saturated rings. The Bertz CT molecular complexity index is 1350. The molecule has 0 bridgehead atoms. The highest BCUT2D eigenvalue weighted by Gasteiger charge is 2.23. The van der Waals surface area contributed by atoms with Crippen LogP contribution in [-0.4, -0.2) is 43.6 Å². The summed E-state index contributed by atoms with van der Waals surface area (Å²) in [7, 11) is 1.00. The van der Waals surface area contributed by atoms with E-state index in [0.29, 0.717) is 44.0 Å². The zero-order valence-corrected chi connectivity index (χ0v) is 22.4. The summed E-state index contributed by atoms with van der Waals surface area (Å²) in [4.78, 5) is 16.9. The molecule has 2 heterocycles. The molecule has 2 aromatic carbocycles. The first kappa shape index (κ1) is 27.2. The molecule has 0 unspecified atom stereocenters. The maximum absolute atomic E-state index is 13.9. The van der Waals surface area contributed by atoms with Gasteiger partial charge in [-0.05, 0) is 36.8 Å². The van der Waals surface area contributed by atoms with Crippen molar-refractivity contribution in [2.24, 2.45) is 0 Å². The van der Waals surface area contributed by atoms with Gasteiger partial charge in [-0.25, -0.2) is 14.1 Å². The topological polar surface area (TPSA) is 88.2 Å². The highest BCUT2D eigenvalue weighted by atomic mass is 35.5. The molecule has 0 aliphatic rings. The van der Waals surface area contributed by atoms with E-state index in [9.17, 15) is 14.3 Å². The minimum absolute atomic E-state index is 0.216. The fourth-order valence-electron chi connectivity index (χ4n) is 3.38. The number of aryl methyl sites for hydroxylation is 1. The molecule has 0 atom stereocenters. The van der Waals surface area contributed by atoms with Crippen LogP contribution in [0, 0.1) is 12.7 Å². The number of hydrogen-bond donors (Lipinski definition) is 2. The predicted octanol–water partition coefficient (Wildman–Crippen LogP) is 7.04. The number of aldehydes is 1. The second kappa shape index (κ2) is 11.5. The minimum Gasteiger partial charge on any atom is -0.508 e. The molecule has 6 nitrogen and oxygen atoms in total. The van der Waals surface area contributed by atoms with E-state index in [1.165, 1.54) is 28.2 Å². The van der Waals surface area contributed by atoms with Crippen LogP contribution in [-0.2, 0) is 0 Å². The Kier molecular flexibility index (Phi) is 8.95. The molecule has 0 spiro atoms. The van der Waals surface area contributed by atoms with Crippen molar-refractivity contribution in [3.8, 4) is 33.3 Å². The van der Waals surface area contributed by atoms with Crippen molar-refractivity contribution >= 4 is 52.6 Å². The lowest BCUT2D eigenvalue weighted by atomic mass is 10.0. The summed E-state index contributed by atoms with van der Waals surface area (Å²) < 4.78 is 16.3. The predicted molar refractivity (Wildman–Crippen MR) is 141 cm³/mol. The van der Waals surface area contributed by atoms with Gasteiger partial charge < -0.3 is 10.2 Å². The van der Waals surface area contributed by atoms with Crippen molar-refractivity contribution < 1.29 is 19.4 Å². The lowest BCUT2D eigenvalue weighted by Crippen LogP contribution is -2.01. The largest absolute Gasteiger partial charge is 0.508 e. The van der Waals surface area contributed by atoms with Gasteiger partial charge in [0.25, 0.3) is 0 Å². The molecule has 184 valence electrons. The number of aliphatic hydroxyl groups is 1. The van der Waals surface area contributed by atoms with Crippen LogP contribution in [0.1, 0.15) is 30.0 Å². The molecule has 2 aromatic heterocycles. The van der Waals surface area contributed by atoms with Gasteiger partial charge in [0.1, 0.15) is 17.3 Å². The SMILES string of the molecule is CO.Cc1nn(-c2nc(-c3ccc(Cl)c(Cl)c3)c(SC(C)C)s2)c(C=O)c1-c1cc(O)cc(F)c1. The maximum Gasteiger partial charge on any atom is 0.212 e. The quantitative estimate of drug-likeness (QED) is 0.196. The summed E-state index contributed by atoms with van der Waals surface area (Å²) in [5.41, 5.74) is 3.02. The molecule has 2 N–H and O–H groups in total. The van der Waals surface area contributed by atoms with Gasteiger partial charge in [-0.3, -0.25) is 4.79 Å². The molecule has 0 saturated carbocycles. The number of benzene rings is 2. The van der Waals surface area contributed by atoms with Gasteiger partial charge in [-0.2, -0.15) is 5.10 Å². The van der Waals surface area contributed by atoms with E-state index in [4.69, 9.17) is 33.3 Å². The van der Waals surface area contributed by atoms with Crippen molar-refractivity contribution in [2.75, 3.05) is 7.11 Å². The third kappa shape index (κ3) is 5.87. The molecule has 4 aromatic rings. The van der Waals surface area contributed by atoms with Gasteiger partial charge in [-0.15, -0.1) is 11.8 Å². The molecule has 11 heteroatoms. The summed E-state index contributed by atoms with van der Waals surface area (Å²) in [6.07, 6.45) is 0.660.